The molecule has 1 saturated heterocycles. The number of hydrogen-bond acceptors (Lipinski definition) is 9. The monoisotopic (exact) mass is 618 g/mol. The molecule has 9 rings (SSSR count). The van der Waals surface area contributed by atoms with Crippen LogP contribution in [0.2, 0.25) is 0 Å². The highest BCUT2D eigenvalue weighted by Crippen LogP contribution is 2.66. The summed E-state index contributed by atoms with van der Waals surface area (Å²) in [6, 6.07) is 5.04. The van der Waals surface area contributed by atoms with E-state index in [9.17, 15) is 19.2 Å². The van der Waals surface area contributed by atoms with Crippen molar-refractivity contribution < 1.29 is 37.7 Å². The molecule has 0 spiro atoms. The zero-order valence-corrected chi connectivity index (χ0v) is 26.9. The zero-order valence-electron chi connectivity index (χ0n) is 26.9. The molecule has 45 heavy (non-hydrogen) atoms. The van der Waals surface area contributed by atoms with Crippen molar-refractivity contribution in [1.29, 1.82) is 0 Å². The number of esters is 3. The van der Waals surface area contributed by atoms with Crippen LogP contribution in [-0.2, 0) is 28.6 Å². The third-order valence-corrected chi connectivity index (χ3v) is 13.1. The standard InChI is InChI=1S/C36H42O9/c1-18-11-24(37)41-26-22(18)7-8-23-25(26)27(42-30(39)35-15-19-12-20(16-35)14-21(13-19)17-35)28(32(2,3)44-23)43-31(40)36-10-9-34(6,29(38)45-36)33(36,4)5/h7-8,11,19-21,27-28H,9-10,12-17H2,1-6H3/t19?,20?,21?,27-,28-,34+,35?,36-/m1/s1. The lowest BCUT2D eigenvalue weighted by molar-refractivity contribution is -0.216. The first-order chi connectivity index (χ1) is 21.1. The van der Waals surface area contributed by atoms with Crippen molar-refractivity contribution in [3.05, 3.63) is 39.7 Å². The lowest BCUT2D eigenvalue weighted by atomic mass is 9.49. The maximum atomic E-state index is 14.5. The van der Waals surface area contributed by atoms with Gasteiger partial charge in [-0.05, 0) is 115 Å². The SMILES string of the molecule is Cc1cc(=O)oc2c3c(ccc12)OC(C)(C)[C@H](OC(=O)[C@@]12CC[C@@](C)(C(=O)O1)C2(C)C)[C@@H]3OC(=O)C12CC3CC(CC(C3)C1)C2. The van der Waals surface area contributed by atoms with E-state index >= 15 is 0 Å². The van der Waals surface area contributed by atoms with Gasteiger partial charge in [0.15, 0.2) is 12.2 Å². The number of hydrogen-bond donors (Lipinski definition) is 0. The van der Waals surface area contributed by atoms with Gasteiger partial charge in [0.1, 0.15) is 16.9 Å². The van der Waals surface area contributed by atoms with Gasteiger partial charge in [-0.3, -0.25) is 9.59 Å². The van der Waals surface area contributed by atoms with Crippen LogP contribution in [0.5, 0.6) is 5.75 Å². The summed E-state index contributed by atoms with van der Waals surface area (Å²) < 4.78 is 31.1. The first-order valence-corrected chi connectivity index (χ1v) is 16.5. The molecule has 7 aliphatic rings. The molecule has 6 fully saturated rings. The molecule has 0 amide bonds. The fourth-order valence-corrected chi connectivity index (χ4v) is 10.4. The Morgan fingerprint density at radius 2 is 1.49 bits per heavy atom. The zero-order chi connectivity index (χ0) is 31.9. The van der Waals surface area contributed by atoms with Gasteiger partial charge in [-0.1, -0.05) is 13.8 Å². The molecule has 3 heterocycles. The summed E-state index contributed by atoms with van der Waals surface area (Å²) in [5.74, 6) is 0.583. The van der Waals surface area contributed by atoms with E-state index < -0.39 is 57.2 Å². The Kier molecular flexibility index (Phi) is 5.76. The Morgan fingerprint density at radius 3 is 2.07 bits per heavy atom. The second-order valence-electron chi connectivity index (χ2n) is 16.3. The van der Waals surface area contributed by atoms with E-state index in [1.54, 1.807) is 19.9 Å². The van der Waals surface area contributed by atoms with E-state index in [-0.39, 0.29) is 11.6 Å². The lowest BCUT2D eigenvalue weighted by Gasteiger charge is -2.55. The average Bonchev–Trinajstić information content (AvgIpc) is 3.23. The van der Waals surface area contributed by atoms with Crippen LogP contribution in [-0.4, -0.2) is 35.2 Å². The third-order valence-electron chi connectivity index (χ3n) is 13.1. The van der Waals surface area contributed by atoms with Gasteiger partial charge in [-0.2, -0.15) is 0 Å². The van der Waals surface area contributed by atoms with E-state index in [0.717, 1.165) is 19.3 Å². The Labute approximate surface area is 262 Å². The van der Waals surface area contributed by atoms with Crippen molar-refractivity contribution in [1.82, 2.24) is 0 Å². The fraction of sp³-hybridized carbons (Fsp3) is 0.667. The topological polar surface area (TPSA) is 118 Å². The van der Waals surface area contributed by atoms with Crippen LogP contribution in [0, 0.1) is 40.9 Å². The predicted molar refractivity (Wildman–Crippen MR) is 161 cm³/mol. The maximum absolute atomic E-state index is 14.5. The predicted octanol–water partition coefficient (Wildman–Crippen LogP) is 6.11. The van der Waals surface area contributed by atoms with Gasteiger partial charge in [0.05, 0.1) is 16.4 Å². The van der Waals surface area contributed by atoms with Crippen LogP contribution in [0.25, 0.3) is 11.0 Å². The molecule has 9 nitrogen and oxygen atoms in total. The van der Waals surface area contributed by atoms with Crippen LogP contribution in [0.3, 0.4) is 0 Å². The second kappa shape index (κ2) is 8.91. The molecule has 4 atom stereocenters. The van der Waals surface area contributed by atoms with Crippen LogP contribution in [0.15, 0.2) is 27.4 Å². The van der Waals surface area contributed by atoms with Gasteiger partial charge in [0.2, 0.25) is 5.60 Å². The molecule has 240 valence electrons. The number of benzene rings is 1. The molecule has 5 saturated carbocycles. The first kappa shape index (κ1) is 29.1. The van der Waals surface area contributed by atoms with Crippen LogP contribution in [0.4, 0.5) is 0 Å². The van der Waals surface area contributed by atoms with Crippen molar-refractivity contribution in [2.24, 2.45) is 34.0 Å². The number of carbonyl (C=O) groups excluding carboxylic acids is 3. The van der Waals surface area contributed by atoms with Crippen molar-refractivity contribution in [3.63, 3.8) is 0 Å². The van der Waals surface area contributed by atoms with Gasteiger partial charge >= 0.3 is 23.5 Å². The molecule has 1 aromatic carbocycles. The summed E-state index contributed by atoms with van der Waals surface area (Å²) in [7, 11) is 0. The van der Waals surface area contributed by atoms with Crippen molar-refractivity contribution in [3.8, 4) is 5.75 Å². The molecule has 0 N–H and O–H groups in total. The highest BCUT2D eigenvalue weighted by Gasteiger charge is 2.77. The van der Waals surface area contributed by atoms with E-state index in [1.807, 2.05) is 33.8 Å². The molecule has 2 aliphatic heterocycles. The van der Waals surface area contributed by atoms with Crippen LogP contribution < -0.4 is 10.4 Å². The number of ether oxygens (including phenoxy) is 4. The minimum absolute atomic E-state index is 0.247. The third kappa shape index (κ3) is 3.72. The molecule has 0 unspecified atom stereocenters. The van der Waals surface area contributed by atoms with Gasteiger partial charge < -0.3 is 23.4 Å². The quantitative estimate of drug-likeness (QED) is 0.227. The summed E-state index contributed by atoms with van der Waals surface area (Å²) in [6.45, 7) is 11.0. The van der Waals surface area contributed by atoms with E-state index in [4.69, 9.17) is 23.4 Å². The molecule has 1 aromatic heterocycles. The molecule has 9 heteroatoms. The van der Waals surface area contributed by atoms with Crippen LogP contribution >= 0.6 is 0 Å². The summed E-state index contributed by atoms with van der Waals surface area (Å²) in [5, 5.41) is 0.675. The molecule has 5 aliphatic carbocycles. The highest BCUT2D eigenvalue weighted by atomic mass is 16.6. The average molecular weight is 619 g/mol. The van der Waals surface area contributed by atoms with E-state index in [2.05, 4.69) is 0 Å². The number of fused-ring (bicyclic) bond motifs is 5. The summed E-state index contributed by atoms with van der Waals surface area (Å²) >= 11 is 0. The summed E-state index contributed by atoms with van der Waals surface area (Å²) in [4.78, 5) is 54.5. The fourth-order valence-electron chi connectivity index (χ4n) is 10.4. The smallest absolute Gasteiger partial charge is 0.351 e. The second-order valence-corrected chi connectivity index (χ2v) is 16.3. The minimum Gasteiger partial charge on any atom is -0.483 e. The Morgan fingerprint density at radius 1 is 0.844 bits per heavy atom. The van der Waals surface area contributed by atoms with Crippen molar-refractivity contribution in [2.45, 2.75) is 116 Å². The largest absolute Gasteiger partial charge is 0.483 e. The molecule has 2 aromatic rings. The van der Waals surface area contributed by atoms with Gasteiger partial charge in [-0.25, -0.2) is 9.59 Å². The van der Waals surface area contributed by atoms with E-state index in [1.165, 1.54) is 25.3 Å². The molecular formula is C36H42O9. The Bertz CT molecular complexity index is 1700. The number of carbonyl (C=O) groups is 3. The summed E-state index contributed by atoms with van der Waals surface area (Å²) in [6.07, 6.45) is 4.52. The molecular weight excluding hydrogens is 576 g/mol. The van der Waals surface area contributed by atoms with Gasteiger partial charge in [0, 0.05) is 16.9 Å². The Hall–Kier alpha value is -3.36. The molecule has 6 bridgehead atoms. The van der Waals surface area contributed by atoms with Crippen molar-refractivity contribution >= 4 is 28.9 Å². The van der Waals surface area contributed by atoms with E-state index in [0.29, 0.717) is 52.9 Å². The number of aryl methyl sites for hydroxylation is 1. The maximum Gasteiger partial charge on any atom is 0.351 e. The lowest BCUT2D eigenvalue weighted by Crippen LogP contribution is -2.57. The normalized spacial score (nSPS) is 39.7. The van der Waals surface area contributed by atoms with Gasteiger partial charge in [0.25, 0.3) is 0 Å². The number of rotatable bonds is 4. The van der Waals surface area contributed by atoms with Crippen LogP contribution in [0.1, 0.15) is 103 Å². The summed E-state index contributed by atoms with van der Waals surface area (Å²) in [5.41, 5.74) is -4.08. The van der Waals surface area contributed by atoms with Crippen molar-refractivity contribution in [2.75, 3.05) is 0 Å². The highest BCUT2D eigenvalue weighted by molar-refractivity contribution is 5.94. The van der Waals surface area contributed by atoms with Gasteiger partial charge in [-0.15, -0.1) is 0 Å². The Balaban J connectivity index is 1.24. The minimum atomic E-state index is -1.48. The first-order valence-electron chi connectivity index (χ1n) is 16.5. The molecule has 0 radical (unpaired) electrons.